The molecule has 0 aromatic heterocycles. The molecule has 3 nitrogen and oxygen atoms in total. The molecule has 0 bridgehead atoms. The quantitative estimate of drug-likeness (QED) is 0.344. The molecular formula is C9H10N2O. The van der Waals surface area contributed by atoms with E-state index in [-0.39, 0.29) is 0 Å². The van der Waals surface area contributed by atoms with E-state index in [0.717, 1.165) is 29.8 Å². The fraction of sp³-hybridized carbons (Fsp3) is 0.222. The second-order valence-electron chi connectivity index (χ2n) is 2.96. The molecule has 1 aromatic carbocycles. The SMILES string of the molecule is Nc1ccc2c(c1)CC/C2=N/O. The molecule has 62 valence electrons. The lowest BCUT2D eigenvalue weighted by Gasteiger charge is -1.98. The minimum atomic E-state index is 0.769. The highest BCUT2D eigenvalue weighted by atomic mass is 16.4. The second-order valence-corrected chi connectivity index (χ2v) is 2.96. The van der Waals surface area contributed by atoms with Crippen LogP contribution in [0, 0.1) is 0 Å². The summed E-state index contributed by atoms with van der Waals surface area (Å²) < 4.78 is 0. The molecule has 3 N–H and O–H groups in total. The molecule has 0 unspecified atom stereocenters. The van der Waals surface area contributed by atoms with E-state index in [1.807, 2.05) is 18.2 Å². The molecule has 1 aliphatic carbocycles. The number of aryl methyl sites for hydroxylation is 1. The lowest BCUT2D eigenvalue weighted by atomic mass is 10.1. The van der Waals surface area contributed by atoms with E-state index < -0.39 is 0 Å². The normalized spacial score (nSPS) is 18.2. The fourth-order valence-electron chi connectivity index (χ4n) is 1.59. The van der Waals surface area contributed by atoms with Crippen molar-refractivity contribution in [3.63, 3.8) is 0 Å². The van der Waals surface area contributed by atoms with Crippen LogP contribution >= 0.6 is 0 Å². The highest BCUT2D eigenvalue weighted by molar-refractivity contribution is 6.04. The zero-order valence-electron chi connectivity index (χ0n) is 6.62. The third-order valence-corrected chi connectivity index (χ3v) is 2.19. The number of nitrogens with zero attached hydrogens (tertiary/aromatic N) is 1. The van der Waals surface area contributed by atoms with Gasteiger partial charge in [-0.15, -0.1) is 0 Å². The molecule has 0 saturated carbocycles. The van der Waals surface area contributed by atoms with Crippen molar-refractivity contribution in [2.75, 3.05) is 5.73 Å². The number of hydrogen-bond acceptors (Lipinski definition) is 3. The summed E-state index contributed by atoms with van der Waals surface area (Å²) in [6.45, 7) is 0. The molecule has 0 heterocycles. The number of rotatable bonds is 0. The number of nitrogen functional groups attached to an aromatic ring is 1. The zero-order chi connectivity index (χ0) is 8.55. The standard InChI is InChI=1S/C9H10N2O/c10-7-2-3-8-6(5-7)1-4-9(8)11-12/h2-3,5,12H,1,4,10H2/b11-9-. The van der Waals surface area contributed by atoms with Gasteiger partial charge < -0.3 is 10.9 Å². The number of benzene rings is 1. The third-order valence-electron chi connectivity index (χ3n) is 2.19. The Morgan fingerprint density at radius 2 is 2.17 bits per heavy atom. The van der Waals surface area contributed by atoms with Gasteiger partial charge in [0.15, 0.2) is 0 Å². The molecule has 0 atom stereocenters. The van der Waals surface area contributed by atoms with Crippen LogP contribution in [0.2, 0.25) is 0 Å². The van der Waals surface area contributed by atoms with Crippen LogP contribution in [0.4, 0.5) is 5.69 Å². The Bertz CT molecular complexity index is 344. The number of hydrogen-bond donors (Lipinski definition) is 2. The van der Waals surface area contributed by atoms with Gasteiger partial charge in [0.1, 0.15) is 0 Å². The van der Waals surface area contributed by atoms with Crippen molar-refractivity contribution in [2.24, 2.45) is 5.16 Å². The van der Waals surface area contributed by atoms with Gasteiger partial charge in [-0.25, -0.2) is 0 Å². The van der Waals surface area contributed by atoms with Crippen molar-refractivity contribution in [3.8, 4) is 0 Å². The average molecular weight is 162 g/mol. The number of nitrogens with two attached hydrogens (primary N) is 1. The maximum absolute atomic E-state index is 8.64. The first-order chi connectivity index (χ1) is 5.81. The average Bonchev–Trinajstić information content (AvgIpc) is 2.46. The van der Waals surface area contributed by atoms with Gasteiger partial charge in [0, 0.05) is 11.3 Å². The second kappa shape index (κ2) is 2.52. The Labute approximate surface area is 70.5 Å². The van der Waals surface area contributed by atoms with Crippen LogP contribution in [-0.2, 0) is 6.42 Å². The van der Waals surface area contributed by atoms with Crippen LogP contribution in [0.25, 0.3) is 0 Å². The van der Waals surface area contributed by atoms with Crippen LogP contribution in [0.15, 0.2) is 23.4 Å². The molecule has 0 saturated heterocycles. The topological polar surface area (TPSA) is 58.6 Å². The van der Waals surface area contributed by atoms with Gasteiger partial charge in [0.25, 0.3) is 0 Å². The number of anilines is 1. The molecule has 3 heteroatoms. The molecule has 0 radical (unpaired) electrons. The predicted molar refractivity (Wildman–Crippen MR) is 47.5 cm³/mol. The van der Waals surface area contributed by atoms with Crippen molar-refractivity contribution in [2.45, 2.75) is 12.8 Å². The monoisotopic (exact) mass is 162 g/mol. The maximum atomic E-state index is 8.64. The summed E-state index contributed by atoms with van der Waals surface area (Å²) in [6.07, 6.45) is 1.75. The molecule has 1 aromatic rings. The van der Waals surface area contributed by atoms with Crippen LogP contribution in [0.5, 0.6) is 0 Å². The molecule has 0 amide bonds. The lowest BCUT2D eigenvalue weighted by Crippen LogP contribution is -1.94. The van der Waals surface area contributed by atoms with Gasteiger partial charge in [0.2, 0.25) is 0 Å². The van der Waals surface area contributed by atoms with E-state index in [9.17, 15) is 0 Å². The van der Waals surface area contributed by atoms with Crippen molar-refractivity contribution < 1.29 is 5.21 Å². The molecule has 1 aliphatic rings. The smallest absolute Gasteiger partial charge is 0.0873 e. The zero-order valence-corrected chi connectivity index (χ0v) is 6.62. The fourth-order valence-corrected chi connectivity index (χ4v) is 1.59. The summed E-state index contributed by atoms with van der Waals surface area (Å²) in [5.41, 5.74) is 9.37. The minimum absolute atomic E-state index is 0.769. The largest absolute Gasteiger partial charge is 0.411 e. The number of oxime groups is 1. The molecule has 2 rings (SSSR count). The number of fused-ring (bicyclic) bond motifs is 1. The van der Waals surface area contributed by atoms with Gasteiger partial charge in [-0.1, -0.05) is 11.2 Å². The van der Waals surface area contributed by atoms with Gasteiger partial charge in [-0.05, 0) is 30.5 Å². The Hall–Kier alpha value is -1.51. The first-order valence-electron chi connectivity index (χ1n) is 3.91. The van der Waals surface area contributed by atoms with Crippen molar-refractivity contribution in [1.29, 1.82) is 0 Å². The maximum Gasteiger partial charge on any atom is 0.0873 e. The lowest BCUT2D eigenvalue weighted by molar-refractivity contribution is 0.318. The van der Waals surface area contributed by atoms with E-state index in [0.29, 0.717) is 0 Å². The van der Waals surface area contributed by atoms with Crippen molar-refractivity contribution in [1.82, 2.24) is 0 Å². The summed E-state index contributed by atoms with van der Waals surface area (Å²) in [5.74, 6) is 0. The van der Waals surface area contributed by atoms with Crippen LogP contribution in [-0.4, -0.2) is 10.9 Å². The van der Waals surface area contributed by atoms with E-state index in [4.69, 9.17) is 10.9 Å². The summed E-state index contributed by atoms with van der Waals surface area (Å²) in [6, 6.07) is 5.68. The first kappa shape index (κ1) is 7.16. The van der Waals surface area contributed by atoms with Crippen molar-refractivity contribution >= 4 is 11.4 Å². The van der Waals surface area contributed by atoms with Gasteiger partial charge in [0.05, 0.1) is 5.71 Å². The van der Waals surface area contributed by atoms with Crippen molar-refractivity contribution in [3.05, 3.63) is 29.3 Å². The Balaban J connectivity index is 2.55. The summed E-state index contributed by atoms with van der Waals surface area (Å²) in [7, 11) is 0. The molecule has 0 spiro atoms. The van der Waals surface area contributed by atoms with E-state index in [2.05, 4.69) is 5.16 Å². The molecule has 12 heavy (non-hydrogen) atoms. The van der Waals surface area contributed by atoms with E-state index in [1.165, 1.54) is 5.56 Å². The first-order valence-corrected chi connectivity index (χ1v) is 3.91. The van der Waals surface area contributed by atoms with Crippen LogP contribution in [0.1, 0.15) is 17.5 Å². The predicted octanol–water partition coefficient (Wildman–Crippen LogP) is 1.39. The highest BCUT2D eigenvalue weighted by Gasteiger charge is 2.17. The Kier molecular flexibility index (Phi) is 1.50. The van der Waals surface area contributed by atoms with Gasteiger partial charge in [-0.2, -0.15) is 0 Å². The summed E-state index contributed by atoms with van der Waals surface area (Å²) in [4.78, 5) is 0. The summed E-state index contributed by atoms with van der Waals surface area (Å²) in [5, 5.41) is 11.9. The Morgan fingerprint density at radius 3 is 2.92 bits per heavy atom. The minimum Gasteiger partial charge on any atom is -0.411 e. The highest BCUT2D eigenvalue weighted by Crippen LogP contribution is 2.24. The summed E-state index contributed by atoms with van der Waals surface area (Å²) >= 11 is 0. The van der Waals surface area contributed by atoms with Gasteiger partial charge in [-0.3, -0.25) is 0 Å². The molecule has 0 fully saturated rings. The Morgan fingerprint density at radius 1 is 1.33 bits per heavy atom. The molecule has 0 aliphatic heterocycles. The molecular weight excluding hydrogens is 152 g/mol. The van der Waals surface area contributed by atoms with E-state index in [1.54, 1.807) is 0 Å². The third kappa shape index (κ3) is 0.942. The van der Waals surface area contributed by atoms with Crippen LogP contribution in [0.3, 0.4) is 0 Å². The van der Waals surface area contributed by atoms with Gasteiger partial charge >= 0.3 is 0 Å². The van der Waals surface area contributed by atoms with E-state index >= 15 is 0 Å². The van der Waals surface area contributed by atoms with Crippen LogP contribution < -0.4 is 5.73 Å².